The number of hydrogen-bond acceptors (Lipinski definition) is 4. The second kappa shape index (κ2) is 8.70. The van der Waals surface area contributed by atoms with Gasteiger partial charge in [0.2, 0.25) is 5.91 Å². The van der Waals surface area contributed by atoms with Gasteiger partial charge in [0.15, 0.2) is 11.6 Å². The third kappa shape index (κ3) is 5.63. The molecule has 0 fully saturated rings. The van der Waals surface area contributed by atoms with E-state index < -0.39 is 29.0 Å². The van der Waals surface area contributed by atoms with Gasteiger partial charge in [-0.15, -0.1) is 0 Å². The van der Waals surface area contributed by atoms with Crippen LogP contribution in [-0.4, -0.2) is 44.4 Å². The van der Waals surface area contributed by atoms with Gasteiger partial charge in [0.1, 0.15) is 17.3 Å². The fourth-order valence-corrected chi connectivity index (χ4v) is 3.41. The molecule has 1 aromatic heterocycles. The summed E-state index contributed by atoms with van der Waals surface area (Å²) in [6.45, 7) is 6.72. The Kier molecular flexibility index (Phi) is 6.40. The highest BCUT2D eigenvalue weighted by Gasteiger charge is 2.26. The summed E-state index contributed by atoms with van der Waals surface area (Å²) in [4.78, 5) is 30.9. The Labute approximate surface area is 178 Å². The zero-order valence-electron chi connectivity index (χ0n) is 17.7. The predicted molar refractivity (Wildman–Crippen MR) is 107 cm³/mol. The van der Waals surface area contributed by atoms with Crippen LogP contribution in [0.2, 0.25) is 0 Å². The van der Waals surface area contributed by atoms with Crippen molar-refractivity contribution in [1.82, 2.24) is 19.8 Å². The molecule has 0 radical (unpaired) electrons. The van der Waals surface area contributed by atoms with E-state index in [9.17, 15) is 22.8 Å². The van der Waals surface area contributed by atoms with E-state index in [-0.39, 0.29) is 42.5 Å². The maximum absolute atomic E-state index is 13.8. The van der Waals surface area contributed by atoms with Crippen LogP contribution in [0.25, 0.3) is 0 Å². The molecule has 3 rings (SSSR count). The van der Waals surface area contributed by atoms with Crippen molar-refractivity contribution >= 4 is 11.8 Å². The molecule has 2 amide bonds. The maximum atomic E-state index is 13.8. The molecule has 0 unspecified atom stereocenters. The smallest absolute Gasteiger partial charge is 0.271 e. The summed E-state index contributed by atoms with van der Waals surface area (Å²) in [5.74, 6) is -3.30. The van der Waals surface area contributed by atoms with Crippen molar-refractivity contribution in [3.8, 4) is 0 Å². The number of aromatic nitrogens is 2. The first-order chi connectivity index (χ1) is 14.4. The van der Waals surface area contributed by atoms with Gasteiger partial charge in [0.25, 0.3) is 5.91 Å². The standard InChI is InChI=1S/C21H26F3N5O2/c1-21(2,3)27-20(31)17-10-28-4-5-29(11-18(28)26-17)19(30)8-13(25)6-12-7-15(23)16(24)9-14(12)22/h7,9-10,13H,4-6,8,11,25H2,1-3H3,(H,27,31)/t13-/m1/s1. The van der Waals surface area contributed by atoms with Crippen LogP contribution >= 0.6 is 0 Å². The van der Waals surface area contributed by atoms with Crippen molar-refractivity contribution in [3.05, 3.63) is 52.9 Å². The van der Waals surface area contributed by atoms with Crippen LogP contribution in [0.4, 0.5) is 13.2 Å². The van der Waals surface area contributed by atoms with Crippen molar-refractivity contribution in [2.75, 3.05) is 6.54 Å². The Balaban J connectivity index is 1.61. The van der Waals surface area contributed by atoms with Crippen LogP contribution < -0.4 is 11.1 Å². The lowest BCUT2D eigenvalue weighted by Crippen LogP contribution is -2.41. The Bertz CT molecular complexity index is 1000. The van der Waals surface area contributed by atoms with Gasteiger partial charge in [-0.2, -0.15) is 0 Å². The normalized spacial score (nSPS) is 14.9. The lowest BCUT2D eigenvalue weighted by atomic mass is 10.0. The zero-order chi connectivity index (χ0) is 22.9. The van der Waals surface area contributed by atoms with E-state index in [1.165, 1.54) is 0 Å². The molecule has 2 heterocycles. The molecule has 3 N–H and O–H groups in total. The molecule has 10 heteroatoms. The fraction of sp³-hybridized carbons (Fsp3) is 0.476. The molecular weight excluding hydrogens is 411 g/mol. The molecule has 2 aromatic rings. The molecule has 0 saturated heterocycles. The highest BCUT2D eigenvalue weighted by molar-refractivity contribution is 5.92. The van der Waals surface area contributed by atoms with E-state index in [2.05, 4.69) is 10.3 Å². The Hall–Kier alpha value is -2.88. The Morgan fingerprint density at radius 3 is 2.52 bits per heavy atom. The minimum atomic E-state index is -1.27. The number of benzene rings is 1. The second-order valence-corrected chi connectivity index (χ2v) is 8.78. The summed E-state index contributed by atoms with van der Waals surface area (Å²) >= 11 is 0. The average Bonchev–Trinajstić information content (AvgIpc) is 3.08. The molecule has 1 atom stereocenters. The number of amides is 2. The fourth-order valence-electron chi connectivity index (χ4n) is 3.41. The number of nitrogens with one attached hydrogen (secondary N) is 1. The summed E-state index contributed by atoms with van der Waals surface area (Å²) in [5.41, 5.74) is 5.77. The Morgan fingerprint density at radius 1 is 1.16 bits per heavy atom. The quantitative estimate of drug-likeness (QED) is 0.701. The topological polar surface area (TPSA) is 93.2 Å². The molecule has 1 aliphatic rings. The lowest BCUT2D eigenvalue weighted by Gasteiger charge is -2.28. The number of rotatable bonds is 5. The number of hydrogen-bond donors (Lipinski definition) is 2. The highest BCUT2D eigenvalue weighted by atomic mass is 19.2. The number of carbonyl (C=O) groups is 2. The molecule has 0 saturated carbocycles. The SMILES string of the molecule is CC(C)(C)NC(=O)c1cn2c(n1)CN(C(=O)C[C@H](N)Cc1cc(F)c(F)cc1F)CC2. The van der Waals surface area contributed by atoms with Gasteiger partial charge >= 0.3 is 0 Å². The molecule has 168 valence electrons. The summed E-state index contributed by atoms with van der Waals surface area (Å²) < 4.78 is 42.1. The molecule has 1 aliphatic heterocycles. The van der Waals surface area contributed by atoms with E-state index in [0.29, 0.717) is 25.0 Å². The number of nitrogens with zero attached hydrogens (tertiary/aromatic N) is 3. The van der Waals surface area contributed by atoms with E-state index in [1.807, 2.05) is 25.3 Å². The van der Waals surface area contributed by atoms with Crippen LogP contribution in [-0.2, 0) is 24.3 Å². The molecule has 0 spiro atoms. The number of nitrogens with two attached hydrogens (primary N) is 1. The van der Waals surface area contributed by atoms with Gasteiger partial charge in [-0.3, -0.25) is 9.59 Å². The van der Waals surface area contributed by atoms with Crippen LogP contribution in [0.5, 0.6) is 0 Å². The number of imidazole rings is 1. The number of fused-ring (bicyclic) bond motifs is 1. The first-order valence-electron chi connectivity index (χ1n) is 9.98. The van der Waals surface area contributed by atoms with E-state index in [1.54, 1.807) is 11.1 Å². The first kappa shape index (κ1) is 22.8. The van der Waals surface area contributed by atoms with Gasteiger partial charge < -0.3 is 20.5 Å². The molecular formula is C21H26F3N5O2. The zero-order valence-corrected chi connectivity index (χ0v) is 17.7. The van der Waals surface area contributed by atoms with E-state index >= 15 is 0 Å². The molecule has 0 bridgehead atoms. The van der Waals surface area contributed by atoms with Gasteiger partial charge in [0.05, 0.1) is 6.54 Å². The van der Waals surface area contributed by atoms with Crippen LogP contribution in [0.15, 0.2) is 18.3 Å². The minimum Gasteiger partial charge on any atom is -0.346 e. The molecule has 31 heavy (non-hydrogen) atoms. The summed E-state index contributed by atoms with van der Waals surface area (Å²) in [7, 11) is 0. The van der Waals surface area contributed by atoms with Gasteiger partial charge in [0, 0.05) is 43.4 Å². The van der Waals surface area contributed by atoms with E-state index in [4.69, 9.17) is 5.73 Å². The summed E-state index contributed by atoms with van der Waals surface area (Å²) in [6, 6.07) is 0.468. The summed E-state index contributed by atoms with van der Waals surface area (Å²) in [5, 5.41) is 2.85. The predicted octanol–water partition coefficient (Wildman–Crippen LogP) is 2.13. The van der Waals surface area contributed by atoms with Crippen molar-refractivity contribution < 1.29 is 22.8 Å². The van der Waals surface area contributed by atoms with Crippen molar-refractivity contribution in [3.63, 3.8) is 0 Å². The molecule has 7 nitrogen and oxygen atoms in total. The number of carbonyl (C=O) groups excluding carboxylic acids is 2. The van der Waals surface area contributed by atoms with Crippen molar-refractivity contribution in [2.24, 2.45) is 5.73 Å². The van der Waals surface area contributed by atoms with Crippen molar-refractivity contribution in [1.29, 1.82) is 0 Å². The maximum Gasteiger partial charge on any atom is 0.271 e. The summed E-state index contributed by atoms with van der Waals surface area (Å²) in [6.07, 6.45) is 1.47. The lowest BCUT2D eigenvalue weighted by molar-refractivity contribution is -0.133. The Morgan fingerprint density at radius 2 is 1.84 bits per heavy atom. The van der Waals surface area contributed by atoms with Gasteiger partial charge in [-0.05, 0) is 38.8 Å². The van der Waals surface area contributed by atoms with Crippen LogP contribution in [0, 0.1) is 17.5 Å². The largest absolute Gasteiger partial charge is 0.346 e. The monoisotopic (exact) mass is 437 g/mol. The third-order valence-electron chi connectivity index (χ3n) is 4.88. The first-order valence-corrected chi connectivity index (χ1v) is 9.98. The van der Waals surface area contributed by atoms with Gasteiger partial charge in [-0.1, -0.05) is 0 Å². The number of halogens is 3. The van der Waals surface area contributed by atoms with Gasteiger partial charge in [-0.25, -0.2) is 18.2 Å². The minimum absolute atomic E-state index is 0.0807. The third-order valence-corrected chi connectivity index (χ3v) is 4.88. The van der Waals surface area contributed by atoms with E-state index in [0.717, 1.165) is 6.07 Å². The second-order valence-electron chi connectivity index (χ2n) is 8.78. The van der Waals surface area contributed by atoms with Crippen LogP contribution in [0.3, 0.4) is 0 Å². The molecule has 1 aromatic carbocycles. The highest BCUT2D eigenvalue weighted by Crippen LogP contribution is 2.18. The average molecular weight is 437 g/mol. The van der Waals surface area contributed by atoms with Crippen molar-refractivity contribution in [2.45, 2.75) is 58.3 Å². The van der Waals surface area contributed by atoms with Crippen LogP contribution in [0.1, 0.15) is 49.1 Å². The molecule has 0 aliphatic carbocycles.